The van der Waals surface area contributed by atoms with Gasteiger partial charge in [0, 0.05) is 39.2 Å². The Hall–Kier alpha value is -8.92. The Morgan fingerprint density at radius 2 is 0.672 bits per heavy atom. The fourth-order valence-electron chi connectivity index (χ4n) is 9.47. The molecule has 0 atom stereocenters. The van der Waals surface area contributed by atoms with Crippen LogP contribution >= 0.6 is 0 Å². The highest BCUT2D eigenvalue weighted by Crippen LogP contribution is 2.47. The maximum absolute atomic E-state index is 6.82. The Balaban J connectivity index is 1.10. The molecule has 0 spiro atoms. The molecule has 0 radical (unpaired) electrons. The first-order valence-electron chi connectivity index (χ1n) is 22.8. The molecule has 0 saturated carbocycles. The average molecular weight is 857 g/mol. The number of nitrogens with zero attached hydrogens (tertiary/aromatic N) is 2. The Bertz CT molecular complexity index is 3570. The highest BCUT2D eigenvalue weighted by molar-refractivity contribution is 6.10. The van der Waals surface area contributed by atoms with E-state index in [4.69, 9.17) is 4.42 Å². The quantitative estimate of drug-likeness (QED) is 0.137. The molecule has 67 heavy (non-hydrogen) atoms. The van der Waals surface area contributed by atoms with Crippen LogP contribution in [0.3, 0.4) is 0 Å². The second-order valence-electron chi connectivity index (χ2n) is 17.0. The van der Waals surface area contributed by atoms with Crippen LogP contribution in [0.5, 0.6) is 0 Å². The monoisotopic (exact) mass is 856 g/mol. The molecule has 1 heterocycles. The summed E-state index contributed by atoms with van der Waals surface area (Å²) in [5.74, 6) is 0. The molecule has 0 saturated heterocycles. The van der Waals surface area contributed by atoms with Crippen LogP contribution in [0, 0.1) is 0 Å². The van der Waals surface area contributed by atoms with Gasteiger partial charge in [-0.1, -0.05) is 194 Å². The summed E-state index contributed by atoms with van der Waals surface area (Å²) in [6, 6.07) is 95.7. The molecule has 3 heteroatoms. The number of anilines is 6. The van der Waals surface area contributed by atoms with Crippen LogP contribution in [-0.2, 0) is 0 Å². The first-order valence-corrected chi connectivity index (χ1v) is 22.8. The van der Waals surface area contributed by atoms with Gasteiger partial charge >= 0.3 is 0 Å². The number of hydrogen-bond acceptors (Lipinski definition) is 3. The molecule has 0 aliphatic rings. The Morgan fingerprint density at radius 1 is 0.239 bits per heavy atom. The van der Waals surface area contributed by atoms with Crippen LogP contribution in [0.1, 0.15) is 0 Å². The van der Waals surface area contributed by atoms with Crippen LogP contribution < -0.4 is 9.80 Å². The van der Waals surface area contributed by atoms with E-state index in [1.807, 2.05) is 6.07 Å². The van der Waals surface area contributed by atoms with E-state index in [1.54, 1.807) is 0 Å². The zero-order valence-corrected chi connectivity index (χ0v) is 36.7. The summed E-state index contributed by atoms with van der Waals surface area (Å²) in [6.45, 7) is 0. The Kier molecular flexibility index (Phi) is 10.2. The fourth-order valence-corrected chi connectivity index (χ4v) is 9.47. The van der Waals surface area contributed by atoms with Gasteiger partial charge in [-0.3, -0.25) is 0 Å². The van der Waals surface area contributed by atoms with Crippen molar-refractivity contribution in [1.82, 2.24) is 0 Å². The minimum atomic E-state index is 0.832. The van der Waals surface area contributed by atoms with Gasteiger partial charge in [-0.05, 0) is 128 Å². The third-order valence-corrected chi connectivity index (χ3v) is 12.8. The van der Waals surface area contributed by atoms with E-state index in [0.717, 1.165) is 72.8 Å². The molecule has 0 N–H and O–H groups in total. The Morgan fingerprint density at radius 3 is 1.24 bits per heavy atom. The zero-order valence-electron chi connectivity index (χ0n) is 36.7. The highest BCUT2D eigenvalue weighted by Gasteiger charge is 2.23. The average Bonchev–Trinajstić information content (AvgIpc) is 3.80. The van der Waals surface area contributed by atoms with Crippen molar-refractivity contribution in [2.24, 2.45) is 0 Å². The fraction of sp³-hybridized carbons (Fsp3) is 0. The number of rotatable bonds is 10. The maximum atomic E-state index is 6.82. The van der Waals surface area contributed by atoms with Crippen LogP contribution in [-0.4, -0.2) is 0 Å². The van der Waals surface area contributed by atoms with Gasteiger partial charge in [0.05, 0.1) is 5.69 Å². The third kappa shape index (κ3) is 7.69. The molecule has 1 aromatic heterocycles. The molecule has 0 amide bonds. The van der Waals surface area contributed by atoms with Crippen LogP contribution in [0.25, 0.3) is 77.2 Å². The van der Waals surface area contributed by atoms with Gasteiger partial charge in [0.1, 0.15) is 5.58 Å². The number of fused-ring (bicyclic) bond motifs is 4. The van der Waals surface area contributed by atoms with Crippen LogP contribution in [0.2, 0.25) is 0 Å². The summed E-state index contributed by atoms with van der Waals surface area (Å²) in [5, 5.41) is 4.56. The number of furan rings is 1. The number of para-hydroxylation sites is 2. The summed E-state index contributed by atoms with van der Waals surface area (Å²) in [7, 11) is 0. The van der Waals surface area contributed by atoms with Gasteiger partial charge in [0.15, 0.2) is 5.58 Å². The Labute approximate surface area is 390 Å². The molecule has 0 bridgehead atoms. The lowest BCUT2D eigenvalue weighted by molar-refractivity contribution is 0.669. The highest BCUT2D eigenvalue weighted by atomic mass is 16.3. The summed E-state index contributed by atoms with van der Waals surface area (Å²) < 4.78 is 6.82. The summed E-state index contributed by atoms with van der Waals surface area (Å²) in [4.78, 5) is 4.75. The van der Waals surface area contributed by atoms with Gasteiger partial charge in [-0.15, -0.1) is 0 Å². The van der Waals surface area contributed by atoms with Crippen LogP contribution in [0.4, 0.5) is 34.1 Å². The first-order chi connectivity index (χ1) is 33.2. The largest absolute Gasteiger partial charge is 0.454 e. The van der Waals surface area contributed by atoms with Gasteiger partial charge in [0.25, 0.3) is 0 Å². The lowest BCUT2D eigenvalue weighted by atomic mass is 9.98. The van der Waals surface area contributed by atoms with Crippen molar-refractivity contribution in [2.45, 2.75) is 0 Å². The zero-order chi connectivity index (χ0) is 44.5. The molecule has 0 aliphatic carbocycles. The van der Waals surface area contributed by atoms with Gasteiger partial charge in [-0.2, -0.15) is 0 Å². The molecule has 0 fully saturated rings. The van der Waals surface area contributed by atoms with E-state index in [-0.39, 0.29) is 0 Å². The molecule has 0 aliphatic heterocycles. The number of benzene rings is 11. The molecular weight excluding hydrogens is 813 g/mol. The SMILES string of the molecule is c1ccc(-c2ccc(N(c3ccc(-c4ccccc4)cc3)c3cc(-c4ccc5ccccc5c4)cc(N(c4ccc(-c5ccccc5)cc4)c4cccc5c4oc4ccccc45)c3)cc2)cc1. The van der Waals surface area contributed by atoms with Crippen molar-refractivity contribution in [3.63, 3.8) is 0 Å². The lowest BCUT2D eigenvalue weighted by Crippen LogP contribution is -2.14. The molecule has 11 aromatic carbocycles. The van der Waals surface area contributed by atoms with Crippen LogP contribution in [0.15, 0.2) is 271 Å². The predicted molar refractivity (Wildman–Crippen MR) is 282 cm³/mol. The summed E-state index contributed by atoms with van der Waals surface area (Å²) in [5.41, 5.74) is 17.0. The second-order valence-corrected chi connectivity index (χ2v) is 17.0. The van der Waals surface area contributed by atoms with Gasteiger partial charge in [0.2, 0.25) is 0 Å². The van der Waals surface area contributed by atoms with E-state index in [9.17, 15) is 0 Å². The minimum Gasteiger partial charge on any atom is -0.454 e. The van der Waals surface area contributed by atoms with E-state index >= 15 is 0 Å². The third-order valence-electron chi connectivity index (χ3n) is 12.8. The molecule has 12 aromatic rings. The first kappa shape index (κ1) is 39.7. The van der Waals surface area contributed by atoms with E-state index in [0.29, 0.717) is 0 Å². The topological polar surface area (TPSA) is 19.6 Å². The molecular formula is C64H44N2O. The van der Waals surface area contributed by atoms with E-state index in [1.165, 1.54) is 38.6 Å². The van der Waals surface area contributed by atoms with Gasteiger partial charge in [-0.25, -0.2) is 0 Å². The molecule has 12 rings (SSSR count). The molecule has 0 unspecified atom stereocenters. The summed E-state index contributed by atoms with van der Waals surface area (Å²) >= 11 is 0. The normalized spacial score (nSPS) is 11.3. The standard InChI is InChI=1S/C64H44N2O/c1-4-15-45(16-5-1)49-29-35-55(36-30-49)65(56-37-31-50(32-38-56)46-17-6-2-7-18-46)58-42-54(53-28-27-48-21-10-11-22-52(48)41-53)43-59(44-58)66(57-39-33-51(34-40-57)47-19-8-3-9-20-47)62-25-14-24-61-60-23-12-13-26-63(60)67-64(61)62/h1-44H. The van der Waals surface area contributed by atoms with Gasteiger partial charge < -0.3 is 14.2 Å². The van der Waals surface area contributed by atoms with Crippen molar-refractivity contribution < 1.29 is 4.42 Å². The van der Waals surface area contributed by atoms with Crippen molar-refractivity contribution >= 4 is 66.8 Å². The predicted octanol–water partition coefficient (Wildman–Crippen LogP) is 18.3. The molecule has 3 nitrogen and oxygen atoms in total. The van der Waals surface area contributed by atoms with Crippen molar-refractivity contribution in [2.75, 3.05) is 9.80 Å². The van der Waals surface area contributed by atoms with Crippen molar-refractivity contribution in [3.05, 3.63) is 267 Å². The lowest BCUT2D eigenvalue weighted by Gasteiger charge is -2.30. The maximum Gasteiger partial charge on any atom is 0.159 e. The minimum absolute atomic E-state index is 0.832. The molecule has 316 valence electrons. The smallest absolute Gasteiger partial charge is 0.159 e. The summed E-state index contributed by atoms with van der Waals surface area (Å²) in [6.07, 6.45) is 0. The van der Waals surface area contributed by atoms with E-state index in [2.05, 4.69) is 271 Å². The number of hydrogen-bond donors (Lipinski definition) is 0. The van der Waals surface area contributed by atoms with Crippen molar-refractivity contribution in [1.29, 1.82) is 0 Å². The van der Waals surface area contributed by atoms with Crippen molar-refractivity contribution in [3.8, 4) is 44.5 Å². The second kappa shape index (κ2) is 17.2. The van der Waals surface area contributed by atoms with E-state index < -0.39 is 0 Å².